The maximum atomic E-state index is 12.0. The fraction of sp³-hybridized carbons (Fsp3) is 0.286. The molecule has 1 aliphatic heterocycles. The predicted octanol–water partition coefficient (Wildman–Crippen LogP) is 0.388. The number of aromatic nitrogens is 2. The summed E-state index contributed by atoms with van der Waals surface area (Å²) in [5, 5.41) is 2.30. The summed E-state index contributed by atoms with van der Waals surface area (Å²) in [7, 11) is 0. The number of nitrogens with one attached hydrogen (secondary N) is 1. The van der Waals surface area contributed by atoms with Crippen LogP contribution in [0.3, 0.4) is 0 Å². The SMILES string of the molecule is CC1(C)C(=O)NC(=O)CN1c1nc2ccccn2c1C=O. The third-order valence-electron chi connectivity index (χ3n) is 3.70. The predicted molar refractivity (Wildman–Crippen MR) is 75.2 cm³/mol. The van der Waals surface area contributed by atoms with Gasteiger partial charge in [-0.1, -0.05) is 6.07 Å². The molecule has 3 heterocycles. The van der Waals surface area contributed by atoms with E-state index in [4.69, 9.17) is 0 Å². The molecule has 7 heteroatoms. The Hall–Kier alpha value is -2.70. The van der Waals surface area contributed by atoms with E-state index >= 15 is 0 Å². The van der Waals surface area contributed by atoms with Gasteiger partial charge in [0.15, 0.2) is 12.1 Å². The Balaban J connectivity index is 2.21. The number of fused-ring (bicyclic) bond motifs is 1. The zero-order valence-corrected chi connectivity index (χ0v) is 11.7. The molecule has 0 spiro atoms. The Labute approximate surface area is 120 Å². The Morgan fingerprint density at radius 3 is 2.81 bits per heavy atom. The molecule has 0 saturated carbocycles. The molecule has 0 aliphatic carbocycles. The highest BCUT2D eigenvalue weighted by molar-refractivity contribution is 6.07. The molecule has 2 aromatic rings. The van der Waals surface area contributed by atoms with E-state index in [0.717, 1.165) is 0 Å². The van der Waals surface area contributed by atoms with Crippen LogP contribution in [0.5, 0.6) is 0 Å². The molecule has 2 amide bonds. The van der Waals surface area contributed by atoms with Crippen LogP contribution in [-0.2, 0) is 9.59 Å². The first-order valence-electron chi connectivity index (χ1n) is 6.49. The van der Waals surface area contributed by atoms with E-state index in [-0.39, 0.29) is 6.54 Å². The van der Waals surface area contributed by atoms with Gasteiger partial charge in [0.2, 0.25) is 5.91 Å². The average Bonchev–Trinajstić information content (AvgIpc) is 2.81. The fourth-order valence-electron chi connectivity index (χ4n) is 2.43. The van der Waals surface area contributed by atoms with Crippen molar-refractivity contribution in [2.45, 2.75) is 19.4 Å². The van der Waals surface area contributed by atoms with Crippen LogP contribution in [0.1, 0.15) is 24.3 Å². The molecule has 0 radical (unpaired) electrons. The van der Waals surface area contributed by atoms with Gasteiger partial charge in [-0.05, 0) is 26.0 Å². The van der Waals surface area contributed by atoms with Gasteiger partial charge in [-0.15, -0.1) is 0 Å². The molecule has 1 saturated heterocycles. The van der Waals surface area contributed by atoms with Crippen molar-refractivity contribution < 1.29 is 14.4 Å². The van der Waals surface area contributed by atoms with Gasteiger partial charge in [0.05, 0.1) is 6.54 Å². The molecular formula is C14H14N4O3. The molecule has 1 N–H and O–H groups in total. The molecular weight excluding hydrogens is 272 g/mol. The largest absolute Gasteiger partial charge is 0.331 e. The van der Waals surface area contributed by atoms with E-state index in [0.29, 0.717) is 23.4 Å². The van der Waals surface area contributed by atoms with Gasteiger partial charge < -0.3 is 4.90 Å². The van der Waals surface area contributed by atoms with E-state index in [1.165, 1.54) is 0 Å². The van der Waals surface area contributed by atoms with Crippen molar-refractivity contribution in [2.75, 3.05) is 11.4 Å². The van der Waals surface area contributed by atoms with Crippen LogP contribution in [0.4, 0.5) is 5.82 Å². The number of anilines is 1. The highest BCUT2D eigenvalue weighted by atomic mass is 16.2. The Morgan fingerprint density at radius 2 is 2.10 bits per heavy atom. The smallest absolute Gasteiger partial charge is 0.251 e. The number of aldehydes is 1. The minimum atomic E-state index is -0.969. The van der Waals surface area contributed by atoms with Crippen molar-refractivity contribution in [3.05, 3.63) is 30.1 Å². The van der Waals surface area contributed by atoms with Gasteiger partial charge in [-0.25, -0.2) is 4.98 Å². The van der Waals surface area contributed by atoms with Gasteiger partial charge >= 0.3 is 0 Å². The third kappa shape index (κ3) is 1.89. The molecule has 2 aromatic heterocycles. The maximum absolute atomic E-state index is 12.0. The number of pyridine rings is 1. The first-order valence-corrected chi connectivity index (χ1v) is 6.49. The Kier molecular flexibility index (Phi) is 2.79. The van der Waals surface area contributed by atoms with Crippen LogP contribution in [0, 0.1) is 0 Å². The topological polar surface area (TPSA) is 83.8 Å². The number of piperazine rings is 1. The summed E-state index contributed by atoms with van der Waals surface area (Å²) in [6.07, 6.45) is 2.40. The van der Waals surface area contributed by atoms with E-state index in [9.17, 15) is 14.4 Å². The highest BCUT2D eigenvalue weighted by Crippen LogP contribution is 2.28. The van der Waals surface area contributed by atoms with Crippen LogP contribution in [-0.4, -0.2) is 39.6 Å². The molecule has 0 bridgehead atoms. The molecule has 7 nitrogen and oxygen atoms in total. The molecule has 1 fully saturated rings. The van der Waals surface area contributed by atoms with Crippen LogP contribution < -0.4 is 10.2 Å². The molecule has 21 heavy (non-hydrogen) atoms. The Bertz CT molecular complexity index is 763. The molecule has 1 aliphatic rings. The summed E-state index contributed by atoms with van der Waals surface area (Å²) in [5.41, 5.74) is -0.0612. The maximum Gasteiger partial charge on any atom is 0.251 e. The quantitative estimate of drug-likeness (QED) is 0.637. The normalized spacial score (nSPS) is 17.9. The van der Waals surface area contributed by atoms with Crippen molar-refractivity contribution in [3.63, 3.8) is 0 Å². The first-order chi connectivity index (χ1) is 9.95. The van der Waals surface area contributed by atoms with E-state index in [1.54, 1.807) is 47.5 Å². The standard InChI is InChI=1S/C14H14N4O3/c1-14(2)13(21)16-11(20)7-18(14)12-9(8-19)17-6-4-3-5-10(17)15-12/h3-6,8H,7H2,1-2H3,(H,16,20,21). The number of hydrogen-bond donors (Lipinski definition) is 1. The third-order valence-corrected chi connectivity index (χ3v) is 3.70. The number of carbonyl (C=O) groups excluding carboxylic acids is 3. The van der Waals surface area contributed by atoms with Crippen molar-refractivity contribution >= 4 is 29.6 Å². The van der Waals surface area contributed by atoms with Gasteiger partial charge in [0, 0.05) is 6.20 Å². The van der Waals surface area contributed by atoms with Gasteiger partial charge in [-0.3, -0.25) is 24.1 Å². The van der Waals surface area contributed by atoms with Crippen molar-refractivity contribution in [1.29, 1.82) is 0 Å². The van der Waals surface area contributed by atoms with E-state index < -0.39 is 17.4 Å². The number of carbonyl (C=O) groups is 3. The molecule has 0 unspecified atom stereocenters. The summed E-state index contributed by atoms with van der Waals surface area (Å²) >= 11 is 0. The number of hydrogen-bond acceptors (Lipinski definition) is 5. The highest BCUT2D eigenvalue weighted by Gasteiger charge is 2.43. The monoisotopic (exact) mass is 286 g/mol. The fourth-order valence-corrected chi connectivity index (χ4v) is 2.43. The minimum absolute atomic E-state index is 0.0243. The first kappa shape index (κ1) is 13.3. The summed E-state index contributed by atoms with van der Waals surface area (Å²) in [4.78, 5) is 41.1. The summed E-state index contributed by atoms with van der Waals surface area (Å²) < 4.78 is 1.63. The Morgan fingerprint density at radius 1 is 1.33 bits per heavy atom. The average molecular weight is 286 g/mol. The van der Waals surface area contributed by atoms with Crippen molar-refractivity contribution in [3.8, 4) is 0 Å². The summed E-state index contributed by atoms with van der Waals surface area (Å²) in [5.74, 6) is -0.481. The number of amides is 2. The summed E-state index contributed by atoms with van der Waals surface area (Å²) in [6, 6.07) is 5.35. The molecule has 0 aromatic carbocycles. The van der Waals surface area contributed by atoms with E-state index in [1.807, 2.05) is 0 Å². The number of nitrogens with zero attached hydrogens (tertiary/aromatic N) is 3. The number of rotatable bonds is 2. The number of imidazole rings is 1. The number of imide groups is 1. The lowest BCUT2D eigenvalue weighted by atomic mass is 9.98. The molecule has 3 rings (SSSR count). The lowest BCUT2D eigenvalue weighted by Gasteiger charge is -2.40. The lowest BCUT2D eigenvalue weighted by Crippen LogP contribution is -2.64. The van der Waals surface area contributed by atoms with Gasteiger partial charge in [0.1, 0.15) is 16.9 Å². The lowest BCUT2D eigenvalue weighted by molar-refractivity contribution is -0.135. The zero-order chi connectivity index (χ0) is 15.2. The van der Waals surface area contributed by atoms with Crippen molar-refractivity contribution in [1.82, 2.24) is 14.7 Å². The zero-order valence-electron chi connectivity index (χ0n) is 11.7. The second-order valence-electron chi connectivity index (χ2n) is 5.39. The van der Waals surface area contributed by atoms with Gasteiger partial charge in [0.25, 0.3) is 5.91 Å². The summed E-state index contributed by atoms with van der Waals surface area (Å²) in [6.45, 7) is 3.35. The van der Waals surface area contributed by atoms with E-state index in [2.05, 4.69) is 10.3 Å². The van der Waals surface area contributed by atoms with Crippen LogP contribution in [0.2, 0.25) is 0 Å². The molecule has 0 atom stereocenters. The van der Waals surface area contributed by atoms with Crippen LogP contribution in [0.15, 0.2) is 24.4 Å². The molecule has 108 valence electrons. The minimum Gasteiger partial charge on any atom is -0.331 e. The second kappa shape index (κ2) is 4.41. The van der Waals surface area contributed by atoms with Crippen LogP contribution >= 0.6 is 0 Å². The second-order valence-corrected chi connectivity index (χ2v) is 5.39. The van der Waals surface area contributed by atoms with Crippen LogP contribution in [0.25, 0.3) is 5.65 Å². The van der Waals surface area contributed by atoms with Crippen molar-refractivity contribution in [2.24, 2.45) is 0 Å². The van der Waals surface area contributed by atoms with Gasteiger partial charge in [-0.2, -0.15) is 0 Å².